The Balaban J connectivity index is 1.79. The normalized spacial score (nSPS) is 10.4. The highest BCUT2D eigenvalue weighted by molar-refractivity contribution is 7.13. The summed E-state index contributed by atoms with van der Waals surface area (Å²) in [5, 5.41) is 6.53. The van der Waals surface area contributed by atoms with E-state index in [1.54, 1.807) is 0 Å². The van der Waals surface area contributed by atoms with Crippen LogP contribution in [0, 0.1) is 6.92 Å². The Bertz CT molecular complexity index is 752. The molecule has 1 heterocycles. The number of carbonyl (C=O) groups excluding carboxylic acids is 1. The lowest BCUT2D eigenvalue weighted by atomic mass is 10.2. The van der Waals surface area contributed by atoms with Crippen LogP contribution in [0.1, 0.15) is 5.56 Å². The van der Waals surface area contributed by atoms with Crippen LogP contribution in [-0.2, 0) is 0 Å². The lowest BCUT2D eigenvalue weighted by Gasteiger charge is -2.05. The summed E-state index contributed by atoms with van der Waals surface area (Å²) in [6.07, 6.45) is 0. The van der Waals surface area contributed by atoms with Gasteiger partial charge in [-0.15, -0.1) is 0 Å². The van der Waals surface area contributed by atoms with Crippen LogP contribution in [0.2, 0.25) is 0 Å². The molecule has 3 rings (SSSR count). The molecule has 100 valence electrons. The van der Waals surface area contributed by atoms with Crippen molar-refractivity contribution in [3.8, 4) is 0 Å². The highest BCUT2D eigenvalue weighted by Crippen LogP contribution is 2.27. The van der Waals surface area contributed by atoms with Crippen molar-refractivity contribution in [1.29, 1.82) is 0 Å². The molecule has 2 N–H and O–H groups in total. The van der Waals surface area contributed by atoms with Gasteiger partial charge in [-0.3, -0.25) is 5.32 Å². The molecule has 0 fully saturated rings. The lowest BCUT2D eigenvalue weighted by molar-refractivity contribution is 0.262. The van der Waals surface area contributed by atoms with Gasteiger partial charge in [0.05, 0.1) is 4.70 Å². The zero-order valence-corrected chi connectivity index (χ0v) is 11.7. The SMILES string of the molecule is Cc1ccc2snc(NC(=O)Nc3ccccc3)c2c1. The molecule has 0 bridgehead atoms. The second-order valence-electron chi connectivity index (χ2n) is 4.48. The smallest absolute Gasteiger partial charge is 0.308 e. The first-order chi connectivity index (χ1) is 9.72. The molecule has 0 saturated heterocycles. The van der Waals surface area contributed by atoms with E-state index in [1.807, 2.05) is 55.5 Å². The third-order valence-corrected chi connectivity index (χ3v) is 3.72. The third kappa shape index (κ3) is 2.62. The fourth-order valence-corrected chi connectivity index (χ4v) is 2.65. The first-order valence-corrected chi connectivity index (χ1v) is 6.99. The average Bonchev–Trinajstić information content (AvgIpc) is 2.82. The van der Waals surface area contributed by atoms with E-state index in [-0.39, 0.29) is 6.03 Å². The van der Waals surface area contributed by atoms with Crippen molar-refractivity contribution in [1.82, 2.24) is 4.37 Å². The van der Waals surface area contributed by atoms with Crippen LogP contribution < -0.4 is 10.6 Å². The number of amides is 2. The van der Waals surface area contributed by atoms with Gasteiger partial charge in [0.15, 0.2) is 5.82 Å². The van der Waals surface area contributed by atoms with Gasteiger partial charge in [0.25, 0.3) is 0 Å². The molecule has 4 nitrogen and oxygen atoms in total. The van der Waals surface area contributed by atoms with Crippen LogP contribution in [0.4, 0.5) is 16.3 Å². The summed E-state index contributed by atoms with van der Waals surface area (Å²) in [5.74, 6) is 0.599. The Morgan fingerprint density at radius 3 is 2.70 bits per heavy atom. The van der Waals surface area contributed by atoms with Gasteiger partial charge in [0, 0.05) is 11.1 Å². The van der Waals surface area contributed by atoms with E-state index in [1.165, 1.54) is 11.5 Å². The Labute approximate surface area is 120 Å². The molecule has 20 heavy (non-hydrogen) atoms. The summed E-state index contributed by atoms with van der Waals surface area (Å²) in [5.41, 5.74) is 1.89. The van der Waals surface area contributed by atoms with Gasteiger partial charge < -0.3 is 5.32 Å². The van der Waals surface area contributed by atoms with Gasteiger partial charge in [-0.2, -0.15) is 4.37 Å². The minimum absolute atomic E-state index is 0.287. The first kappa shape index (κ1) is 12.6. The number of aromatic nitrogens is 1. The number of hydrogen-bond acceptors (Lipinski definition) is 3. The monoisotopic (exact) mass is 283 g/mol. The van der Waals surface area contributed by atoms with Crippen molar-refractivity contribution in [2.24, 2.45) is 0 Å². The number of nitrogens with one attached hydrogen (secondary N) is 2. The summed E-state index contributed by atoms with van der Waals surface area (Å²) in [6.45, 7) is 2.02. The molecule has 5 heteroatoms. The number of nitrogens with zero attached hydrogens (tertiary/aromatic N) is 1. The van der Waals surface area contributed by atoms with Crippen LogP contribution in [0.3, 0.4) is 0 Å². The highest BCUT2D eigenvalue weighted by Gasteiger charge is 2.09. The molecule has 0 saturated carbocycles. The first-order valence-electron chi connectivity index (χ1n) is 6.21. The molecular formula is C15H13N3OS. The molecule has 0 aliphatic heterocycles. The van der Waals surface area contributed by atoms with Gasteiger partial charge in [-0.25, -0.2) is 4.79 Å². The number of rotatable bonds is 2. The maximum Gasteiger partial charge on any atom is 0.324 e. The summed E-state index contributed by atoms with van der Waals surface area (Å²) >= 11 is 1.38. The average molecular weight is 283 g/mol. The van der Waals surface area contributed by atoms with Gasteiger partial charge in [0.2, 0.25) is 0 Å². The molecule has 0 unspecified atom stereocenters. The van der Waals surface area contributed by atoms with Crippen molar-refractivity contribution in [3.63, 3.8) is 0 Å². The lowest BCUT2D eigenvalue weighted by Crippen LogP contribution is -2.19. The quantitative estimate of drug-likeness (QED) is 0.738. The van der Waals surface area contributed by atoms with Gasteiger partial charge >= 0.3 is 6.03 Å². The van der Waals surface area contributed by atoms with Crippen molar-refractivity contribution < 1.29 is 4.79 Å². The number of hydrogen-bond donors (Lipinski definition) is 2. The van der Waals surface area contributed by atoms with E-state index in [9.17, 15) is 4.79 Å². The summed E-state index contributed by atoms with van der Waals surface area (Å²) in [7, 11) is 0. The van der Waals surface area contributed by atoms with E-state index in [4.69, 9.17) is 0 Å². The molecule has 0 aliphatic rings. The van der Waals surface area contributed by atoms with Crippen molar-refractivity contribution >= 4 is 39.2 Å². The molecule has 3 aromatic rings. The summed E-state index contributed by atoms with van der Waals surface area (Å²) in [4.78, 5) is 12.0. The minimum Gasteiger partial charge on any atom is -0.308 e. The van der Waals surface area contributed by atoms with Crippen molar-refractivity contribution in [3.05, 3.63) is 54.1 Å². The Kier molecular flexibility index (Phi) is 3.35. The summed E-state index contributed by atoms with van der Waals surface area (Å²) in [6, 6.07) is 15.1. The van der Waals surface area contributed by atoms with Crippen LogP contribution in [-0.4, -0.2) is 10.4 Å². The number of carbonyl (C=O) groups is 1. The zero-order valence-electron chi connectivity index (χ0n) is 10.9. The van der Waals surface area contributed by atoms with Crippen LogP contribution in [0.15, 0.2) is 48.5 Å². The standard InChI is InChI=1S/C15H13N3OS/c1-10-7-8-13-12(9-10)14(18-20-13)17-15(19)16-11-5-3-2-4-6-11/h2-9H,1H3,(H2,16,17,18,19). The minimum atomic E-state index is -0.287. The van der Waals surface area contributed by atoms with Crippen LogP contribution in [0.25, 0.3) is 10.1 Å². The predicted molar refractivity (Wildman–Crippen MR) is 83.4 cm³/mol. The Hall–Kier alpha value is -2.40. The molecule has 0 atom stereocenters. The van der Waals surface area contributed by atoms with Gasteiger partial charge in [0.1, 0.15) is 0 Å². The van der Waals surface area contributed by atoms with E-state index >= 15 is 0 Å². The highest BCUT2D eigenvalue weighted by atomic mass is 32.1. The maximum atomic E-state index is 12.0. The number of aryl methyl sites for hydroxylation is 1. The molecule has 1 aromatic heterocycles. The van der Waals surface area contributed by atoms with E-state index < -0.39 is 0 Å². The molecule has 0 aliphatic carbocycles. The molecular weight excluding hydrogens is 270 g/mol. The number of urea groups is 1. The topological polar surface area (TPSA) is 54.0 Å². The molecule has 0 radical (unpaired) electrons. The molecule has 2 amide bonds. The largest absolute Gasteiger partial charge is 0.324 e. The molecule has 2 aromatic carbocycles. The summed E-state index contributed by atoms with van der Waals surface area (Å²) < 4.78 is 5.35. The Morgan fingerprint density at radius 2 is 1.90 bits per heavy atom. The number of anilines is 2. The number of para-hydroxylation sites is 1. The second kappa shape index (κ2) is 5.30. The zero-order chi connectivity index (χ0) is 13.9. The predicted octanol–water partition coefficient (Wildman–Crippen LogP) is 4.25. The van der Waals surface area contributed by atoms with Crippen molar-refractivity contribution in [2.45, 2.75) is 6.92 Å². The molecule has 0 spiro atoms. The van der Waals surface area contributed by atoms with E-state index in [0.29, 0.717) is 5.82 Å². The van der Waals surface area contributed by atoms with E-state index in [2.05, 4.69) is 15.0 Å². The van der Waals surface area contributed by atoms with Crippen LogP contribution in [0.5, 0.6) is 0 Å². The van der Waals surface area contributed by atoms with Crippen LogP contribution >= 0.6 is 11.5 Å². The fraction of sp³-hybridized carbons (Fsp3) is 0.0667. The van der Waals surface area contributed by atoms with E-state index in [0.717, 1.165) is 21.3 Å². The van der Waals surface area contributed by atoms with Crippen molar-refractivity contribution in [2.75, 3.05) is 10.6 Å². The van der Waals surface area contributed by atoms with Gasteiger partial charge in [-0.05, 0) is 42.7 Å². The van der Waals surface area contributed by atoms with Gasteiger partial charge in [-0.1, -0.05) is 29.8 Å². The maximum absolute atomic E-state index is 12.0. The number of fused-ring (bicyclic) bond motifs is 1. The Morgan fingerprint density at radius 1 is 1.10 bits per heavy atom. The second-order valence-corrected chi connectivity index (χ2v) is 5.28. The number of benzene rings is 2. The fourth-order valence-electron chi connectivity index (χ4n) is 1.93. The third-order valence-electron chi connectivity index (χ3n) is 2.89.